The Morgan fingerprint density at radius 1 is 1.37 bits per heavy atom. The first-order valence-electron chi connectivity index (χ1n) is 8.94. The summed E-state index contributed by atoms with van der Waals surface area (Å²) in [5.74, 6) is 1.43. The lowest BCUT2D eigenvalue weighted by Crippen LogP contribution is -2.57. The molecular weight excluding hydrogens is 380 g/mol. The highest BCUT2D eigenvalue weighted by atomic mass is 32.2. The Labute approximate surface area is 166 Å². The second kappa shape index (κ2) is 8.37. The maximum Gasteiger partial charge on any atom is 0.235 e. The molecule has 0 spiro atoms. The third-order valence-electron chi connectivity index (χ3n) is 4.64. The fourth-order valence-corrected chi connectivity index (χ4v) is 4.39. The van der Waals surface area contributed by atoms with Crippen molar-refractivity contribution in [3.05, 3.63) is 35.2 Å². The van der Waals surface area contributed by atoms with Gasteiger partial charge in [0.15, 0.2) is 4.34 Å². The number of fused-ring (bicyclic) bond motifs is 1. The largest absolute Gasteiger partial charge is 0.348 e. The number of benzene rings is 1. The molecule has 0 fully saturated rings. The molecule has 7 nitrogen and oxygen atoms in total. The van der Waals surface area contributed by atoms with E-state index in [0.717, 1.165) is 32.8 Å². The number of quaternary nitrogens is 1. The van der Waals surface area contributed by atoms with Crippen molar-refractivity contribution in [2.45, 2.75) is 44.5 Å². The van der Waals surface area contributed by atoms with Gasteiger partial charge in [-0.05, 0) is 31.9 Å². The topological polar surface area (TPSA) is 99.8 Å². The number of hydrogen-bond acceptors (Lipinski definition) is 6. The van der Waals surface area contributed by atoms with Crippen molar-refractivity contribution in [1.29, 1.82) is 0 Å². The molecular formula is C18H25N6OS2+. The Hall–Kier alpha value is -1.97. The van der Waals surface area contributed by atoms with Gasteiger partial charge in [-0.25, -0.2) is 0 Å². The minimum absolute atomic E-state index is 0.0396. The summed E-state index contributed by atoms with van der Waals surface area (Å²) in [5, 5.41) is 16.0. The van der Waals surface area contributed by atoms with E-state index in [4.69, 9.17) is 0 Å². The molecule has 3 aromatic rings. The maximum absolute atomic E-state index is 12.3. The Morgan fingerprint density at radius 3 is 2.85 bits per heavy atom. The van der Waals surface area contributed by atoms with Crippen LogP contribution in [-0.2, 0) is 4.79 Å². The normalized spacial score (nSPS) is 13.7. The number of rotatable bonds is 7. The van der Waals surface area contributed by atoms with Crippen LogP contribution in [0.2, 0.25) is 0 Å². The number of aryl methyl sites for hydroxylation is 2. The third-order valence-corrected chi connectivity index (χ3v) is 6.67. The van der Waals surface area contributed by atoms with Crippen molar-refractivity contribution in [2.24, 2.45) is 5.92 Å². The summed E-state index contributed by atoms with van der Waals surface area (Å²) in [6.07, 6.45) is 1.02. The number of aromatic nitrogens is 4. The first kappa shape index (κ1) is 19.8. The van der Waals surface area contributed by atoms with Gasteiger partial charge < -0.3 is 11.1 Å². The van der Waals surface area contributed by atoms with Crippen LogP contribution in [0, 0.1) is 19.8 Å². The van der Waals surface area contributed by atoms with E-state index in [0.29, 0.717) is 11.7 Å². The van der Waals surface area contributed by atoms with Gasteiger partial charge in [-0.3, -0.25) is 4.79 Å². The smallest absolute Gasteiger partial charge is 0.235 e. The standard InChI is InChI=1S/C18H24N6OS2/c1-5-11(3)15(19)16-21-22-17-24(16)23-18(27-17)26-9-14(25)20-13-7-6-10(2)8-12(13)4/h6-8,11,15H,5,9,19H2,1-4H3,(H,20,25)/p+1/t11-,15-/m0/s1. The van der Waals surface area contributed by atoms with Crippen molar-refractivity contribution in [3.63, 3.8) is 0 Å². The summed E-state index contributed by atoms with van der Waals surface area (Å²) < 4.78 is 2.56. The van der Waals surface area contributed by atoms with Gasteiger partial charge in [-0.2, -0.15) is 4.52 Å². The first-order chi connectivity index (χ1) is 12.9. The molecule has 9 heteroatoms. The van der Waals surface area contributed by atoms with Crippen LogP contribution in [0.15, 0.2) is 22.5 Å². The molecule has 0 saturated heterocycles. The van der Waals surface area contributed by atoms with Gasteiger partial charge in [-0.1, -0.05) is 54.6 Å². The number of anilines is 1. The van der Waals surface area contributed by atoms with Gasteiger partial charge >= 0.3 is 0 Å². The van der Waals surface area contributed by atoms with Crippen molar-refractivity contribution in [1.82, 2.24) is 19.8 Å². The van der Waals surface area contributed by atoms with E-state index in [9.17, 15) is 4.79 Å². The van der Waals surface area contributed by atoms with Crippen LogP contribution in [0.5, 0.6) is 0 Å². The van der Waals surface area contributed by atoms with Crippen LogP contribution < -0.4 is 11.1 Å². The van der Waals surface area contributed by atoms with Crippen molar-refractivity contribution in [3.8, 4) is 0 Å². The average molecular weight is 406 g/mol. The Kier molecular flexibility index (Phi) is 6.13. The summed E-state index contributed by atoms with van der Waals surface area (Å²) in [5.41, 5.74) is 7.30. The highest BCUT2D eigenvalue weighted by Gasteiger charge is 2.25. The fourth-order valence-electron chi connectivity index (χ4n) is 2.71. The molecule has 0 aliphatic rings. The fraction of sp³-hybridized carbons (Fsp3) is 0.444. The number of carbonyl (C=O) groups is 1. The number of thioether (sulfide) groups is 1. The third kappa shape index (κ3) is 4.48. The average Bonchev–Trinajstić information content (AvgIpc) is 3.21. The van der Waals surface area contributed by atoms with E-state index in [1.807, 2.05) is 26.0 Å². The SMILES string of the molecule is CC[C@H](C)[C@H]([NH3+])c1nnc2sc(SCC(=O)Nc3ccc(C)cc3C)nn12. The molecule has 0 saturated carbocycles. The Bertz CT molecular complexity index is 951. The van der Waals surface area contributed by atoms with Gasteiger partial charge in [0.25, 0.3) is 0 Å². The van der Waals surface area contributed by atoms with Crippen LogP contribution in [0.3, 0.4) is 0 Å². The summed E-state index contributed by atoms with van der Waals surface area (Å²) >= 11 is 2.85. The zero-order valence-corrected chi connectivity index (χ0v) is 17.7. The van der Waals surface area contributed by atoms with Crippen molar-refractivity contribution < 1.29 is 10.5 Å². The van der Waals surface area contributed by atoms with Gasteiger partial charge in [0.05, 0.1) is 5.75 Å². The molecule has 0 bridgehead atoms. The highest BCUT2D eigenvalue weighted by molar-refractivity contribution is 8.01. The molecule has 0 aliphatic carbocycles. The molecule has 2 atom stereocenters. The lowest BCUT2D eigenvalue weighted by atomic mass is 10.00. The van der Waals surface area contributed by atoms with E-state index in [1.165, 1.54) is 28.7 Å². The van der Waals surface area contributed by atoms with Crippen molar-refractivity contribution >= 4 is 39.7 Å². The molecule has 144 valence electrons. The van der Waals surface area contributed by atoms with Crippen LogP contribution in [0.25, 0.3) is 4.96 Å². The molecule has 4 N–H and O–H groups in total. The van der Waals surface area contributed by atoms with Gasteiger partial charge in [0.2, 0.25) is 16.7 Å². The minimum atomic E-state index is -0.0484. The van der Waals surface area contributed by atoms with E-state index < -0.39 is 0 Å². The molecule has 1 amide bonds. The van der Waals surface area contributed by atoms with E-state index >= 15 is 0 Å². The molecule has 0 unspecified atom stereocenters. The molecule has 27 heavy (non-hydrogen) atoms. The summed E-state index contributed by atoms with van der Waals surface area (Å²) in [7, 11) is 0. The first-order valence-corrected chi connectivity index (χ1v) is 10.7. The summed E-state index contributed by atoms with van der Waals surface area (Å²) in [6, 6.07) is 6.02. The lowest BCUT2D eigenvalue weighted by Gasteiger charge is -2.11. The number of nitrogens with one attached hydrogen (secondary N) is 1. The lowest BCUT2D eigenvalue weighted by molar-refractivity contribution is -0.441. The number of hydrogen-bond donors (Lipinski definition) is 2. The van der Waals surface area contributed by atoms with Crippen LogP contribution in [0.4, 0.5) is 5.69 Å². The van der Waals surface area contributed by atoms with Crippen molar-refractivity contribution in [2.75, 3.05) is 11.1 Å². The second-order valence-electron chi connectivity index (χ2n) is 6.77. The molecule has 3 rings (SSSR count). The Morgan fingerprint density at radius 2 is 2.15 bits per heavy atom. The van der Waals surface area contributed by atoms with Gasteiger partial charge in [-0.15, -0.1) is 15.3 Å². The zero-order chi connectivity index (χ0) is 19.6. The molecule has 1 aromatic carbocycles. The predicted octanol–water partition coefficient (Wildman–Crippen LogP) is 2.86. The number of amides is 1. The summed E-state index contributed by atoms with van der Waals surface area (Å²) in [4.78, 5) is 13.0. The minimum Gasteiger partial charge on any atom is -0.348 e. The van der Waals surface area contributed by atoms with Gasteiger partial charge in [0, 0.05) is 11.6 Å². The van der Waals surface area contributed by atoms with E-state index in [-0.39, 0.29) is 11.9 Å². The number of nitrogens with zero attached hydrogens (tertiary/aromatic N) is 4. The maximum atomic E-state index is 12.3. The monoisotopic (exact) mass is 405 g/mol. The quantitative estimate of drug-likeness (QED) is 0.589. The zero-order valence-electron chi connectivity index (χ0n) is 16.0. The Balaban J connectivity index is 1.65. The molecule has 0 radical (unpaired) electrons. The molecule has 0 aliphatic heterocycles. The summed E-state index contributed by atoms with van der Waals surface area (Å²) in [6.45, 7) is 8.32. The predicted molar refractivity (Wildman–Crippen MR) is 109 cm³/mol. The van der Waals surface area contributed by atoms with Crippen LogP contribution in [-0.4, -0.2) is 31.5 Å². The van der Waals surface area contributed by atoms with Crippen LogP contribution in [0.1, 0.15) is 43.3 Å². The second-order valence-corrected chi connectivity index (χ2v) is 8.95. The number of carbonyl (C=O) groups excluding carboxylic acids is 1. The van der Waals surface area contributed by atoms with E-state index in [2.05, 4.69) is 46.3 Å². The van der Waals surface area contributed by atoms with Gasteiger partial charge in [0.1, 0.15) is 6.04 Å². The highest BCUT2D eigenvalue weighted by Crippen LogP contribution is 2.27. The molecule has 2 aromatic heterocycles. The van der Waals surface area contributed by atoms with E-state index in [1.54, 1.807) is 4.52 Å². The molecule has 2 heterocycles. The van der Waals surface area contributed by atoms with Crippen LogP contribution >= 0.6 is 23.1 Å².